The van der Waals surface area contributed by atoms with Gasteiger partial charge < -0.3 is 10.5 Å². The molecular formula is C11H11ClN2O. The second-order valence-corrected chi connectivity index (χ2v) is 3.69. The van der Waals surface area contributed by atoms with Crippen LogP contribution in [0.2, 0.25) is 5.02 Å². The van der Waals surface area contributed by atoms with E-state index in [1.54, 1.807) is 7.11 Å². The maximum Gasteiger partial charge on any atom is 0.121 e. The van der Waals surface area contributed by atoms with E-state index in [1.807, 2.05) is 25.1 Å². The van der Waals surface area contributed by atoms with Crippen LogP contribution in [0.1, 0.15) is 5.69 Å². The molecule has 0 bridgehead atoms. The molecule has 15 heavy (non-hydrogen) atoms. The molecule has 1 heterocycles. The van der Waals surface area contributed by atoms with Gasteiger partial charge in [0, 0.05) is 11.5 Å². The van der Waals surface area contributed by atoms with Crippen molar-refractivity contribution < 1.29 is 4.74 Å². The number of hydrogen-bond acceptors (Lipinski definition) is 3. The normalized spacial score (nSPS) is 10.6. The van der Waals surface area contributed by atoms with Gasteiger partial charge in [0.1, 0.15) is 5.75 Å². The Bertz CT molecular complexity index is 525. The Morgan fingerprint density at radius 2 is 2.13 bits per heavy atom. The topological polar surface area (TPSA) is 48.1 Å². The lowest BCUT2D eigenvalue weighted by Crippen LogP contribution is -1.95. The highest BCUT2D eigenvalue weighted by atomic mass is 35.5. The molecule has 2 aromatic rings. The maximum absolute atomic E-state index is 6.01. The van der Waals surface area contributed by atoms with Crippen LogP contribution in [0.25, 0.3) is 10.9 Å². The molecule has 0 aliphatic rings. The van der Waals surface area contributed by atoms with Crippen LogP contribution < -0.4 is 10.5 Å². The second kappa shape index (κ2) is 3.59. The van der Waals surface area contributed by atoms with Gasteiger partial charge in [-0.2, -0.15) is 0 Å². The highest BCUT2D eigenvalue weighted by molar-refractivity contribution is 6.35. The molecule has 0 spiro atoms. The first-order valence-corrected chi connectivity index (χ1v) is 4.90. The third kappa shape index (κ3) is 1.59. The van der Waals surface area contributed by atoms with Crippen molar-refractivity contribution in [2.75, 3.05) is 12.8 Å². The maximum atomic E-state index is 6.01. The van der Waals surface area contributed by atoms with E-state index in [-0.39, 0.29) is 0 Å². The van der Waals surface area contributed by atoms with Crippen LogP contribution in [-0.2, 0) is 0 Å². The van der Waals surface area contributed by atoms with Crippen molar-refractivity contribution in [2.45, 2.75) is 6.92 Å². The Morgan fingerprint density at radius 3 is 2.80 bits per heavy atom. The van der Waals surface area contributed by atoms with E-state index in [2.05, 4.69) is 4.98 Å². The zero-order chi connectivity index (χ0) is 11.0. The summed E-state index contributed by atoms with van der Waals surface area (Å²) < 4.78 is 5.12. The number of rotatable bonds is 1. The number of nitrogen functional groups attached to an aromatic ring is 1. The van der Waals surface area contributed by atoms with Crippen molar-refractivity contribution in [3.63, 3.8) is 0 Å². The van der Waals surface area contributed by atoms with Crippen LogP contribution in [0.15, 0.2) is 18.2 Å². The number of nitrogens with zero attached hydrogens (tertiary/aromatic N) is 1. The van der Waals surface area contributed by atoms with Gasteiger partial charge in [-0.25, -0.2) is 0 Å². The largest absolute Gasteiger partial charge is 0.497 e. The predicted molar refractivity (Wildman–Crippen MR) is 62.5 cm³/mol. The standard InChI is InChI=1S/C11H11ClN2O/c1-6-10(12)11(13)8-4-3-7(15-2)5-9(8)14-6/h3-5H,1-2H3,(H2,13,14). The number of benzene rings is 1. The van der Waals surface area contributed by atoms with Gasteiger partial charge in [-0.3, -0.25) is 4.98 Å². The monoisotopic (exact) mass is 222 g/mol. The van der Waals surface area contributed by atoms with Crippen molar-refractivity contribution in [3.8, 4) is 5.75 Å². The summed E-state index contributed by atoms with van der Waals surface area (Å²) in [6, 6.07) is 5.54. The fraction of sp³-hybridized carbons (Fsp3) is 0.182. The molecule has 0 aliphatic heterocycles. The lowest BCUT2D eigenvalue weighted by atomic mass is 10.1. The van der Waals surface area contributed by atoms with Crippen LogP contribution >= 0.6 is 11.6 Å². The summed E-state index contributed by atoms with van der Waals surface area (Å²) in [5.74, 6) is 0.760. The van der Waals surface area contributed by atoms with Gasteiger partial charge in [0.2, 0.25) is 0 Å². The van der Waals surface area contributed by atoms with Crippen LogP contribution in [0.4, 0.5) is 5.69 Å². The molecule has 0 radical (unpaired) electrons. The summed E-state index contributed by atoms with van der Waals surface area (Å²) in [7, 11) is 1.62. The molecular weight excluding hydrogens is 212 g/mol. The Morgan fingerprint density at radius 1 is 1.40 bits per heavy atom. The number of aromatic nitrogens is 1. The van der Waals surface area contributed by atoms with Gasteiger partial charge in [-0.1, -0.05) is 11.6 Å². The van der Waals surface area contributed by atoms with Crippen LogP contribution in [0.5, 0.6) is 5.75 Å². The number of hydrogen-bond donors (Lipinski definition) is 1. The SMILES string of the molecule is COc1ccc2c(N)c(Cl)c(C)nc2c1. The summed E-state index contributed by atoms with van der Waals surface area (Å²) in [5.41, 5.74) is 8.00. The van der Waals surface area contributed by atoms with E-state index in [4.69, 9.17) is 22.1 Å². The van der Waals surface area contributed by atoms with Gasteiger partial charge in [0.25, 0.3) is 0 Å². The van der Waals surface area contributed by atoms with Gasteiger partial charge in [-0.15, -0.1) is 0 Å². The first-order valence-electron chi connectivity index (χ1n) is 4.53. The van der Waals surface area contributed by atoms with Crippen molar-refractivity contribution in [2.24, 2.45) is 0 Å². The lowest BCUT2D eigenvalue weighted by Gasteiger charge is -2.07. The van der Waals surface area contributed by atoms with E-state index >= 15 is 0 Å². The predicted octanol–water partition coefficient (Wildman–Crippen LogP) is 2.79. The number of anilines is 1. The molecule has 2 N–H and O–H groups in total. The van der Waals surface area contributed by atoms with Crippen molar-refractivity contribution in [1.29, 1.82) is 0 Å². The zero-order valence-electron chi connectivity index (χ0n) is 8.54. The number of methoxy groups -OCH3 is 1. The van der Waals surface area contributed by atoms with Crippen LogP contribution in [0, 0.1) is 6.92 Å². The fourth-order valence-corrected chi connectivity index (χ4v) is 1.65. The first kappa shape index (κ1) is 10.1. The third-order valence-corrected chi connectivity index (χ3v) is 2.81. The summed E-state index contributed by atoms with van der Waals surface area (Å²) >= 11 is 6.01. The molecule has 0 atom stereocenters. The highest BCUT2D eigenvalue weighted by Crippen LogP contribution is 2.31. The van der Waals surface area contributed by atoms with Gasteiger partial charge in [0.05, 0.1) is 29.0 Å². The van der Waals surface area contributed by atoms with Crippen LogP contribution in [0.3, 0.4) is 0 Å². The highest BCUT2D eigenvalue weighted by Gasteiger charge is 2.08. The smallest absolute Gasteiger partial charge is 0.121 e. The number of halogens is 1. The molecule has 0 saturated carbocycles. The summed E-state index contributed by atoms with van der Waals surface area (Å²) in [5, 5.41) is 1.37. The molecule has 2 rings (SSSR count). The molecule has 1 aromatic heterocycles. The zero-order valence-corrected chi connectivity index (χ0v) is 9.30. The van der Waals surface area contributed by atoms with Gasteiger partial charge >= 0.3 is 0 Å². The van der Waals surface area contributed by atoms with E-state index in [1.165, 1.54) is 0 Å². The minimum atomic E-state index is 0.521. The molecule has 3 nitrogen and oxygen atoms in total. The van der Waals surface area contributed by atoms with Crippen molar-refractivity contribution in [3.05, 3.63) is 28.9 Å². The molecule has 0 unspecified atom stereocenters. The van der Waals surface area contributed by atoms with Crippen molar-refractivity contribution in [1.82, 2.24) is 4.98 Å². The Hall–Kier alpha value is -1.48. The van der Waals surface area contributed by atoms with Gasteiger partial charge in [0.15, 0.2) is 0 Å². The number of pyridine rings is 1. The second-order valence-electron chi connectivity index (χ2n) is 3.31. The first-order chi connectivity index (χ1) is 7.13. The summed E-state index contributed by atoms with van der Waals surface area (Å²) in [6.45, 7) is 1.83. The number of fused-ring (bicyclic) bond motifs is 1. The summed E-state index contributed by atoms with van der Waals surface area (Å²) in [6.07, 6.45) is 0. The Labute approximate surface area is 92.8 Å². The average Bonchev–Trinajstić information content (AvgIpc) is 2.25. The van der Waals surface area contributed by atoms with E-state index in [9.17, 15) is 0 Å². The minimum Gasteiger partial charge on any atom is -0.497 e. The Kier molecular flexibility index (Phi) is 2.40. The molecule has 0 fully saturated rings. The van der Waals surface area contributed by atoms with E-state index in [0.29, 0.717) is 10.7 Å². The molecule has 0 saturated heterocycles. The minimum absolute atomic E-state index is 0.521. The quantitative estimate of drug-likeness (QED) is 0.807. The average molecular weight is 223 g/mol. The van der Waals surface area contributed by atoms with E-state index in [0.717, 1.165) is 22.3 Å². The van der Waals surface area contributed by atoms with Gasteiger partial charge in [-0.05, 0) is 19.1 Å². The molecule has 78 valence electrons. The molecule has 4 heteroatoms. The van der Waals surface area contributed by atoms with E-state index < -0.39 is 0 Å². The summed E-state index contributed by atoms with van der Waals surface area (Å²) in [4.78, 5) is 4.35. The lowest BCUT2D eigenvalue weighted by molar-refractivity contribution is 0.415. The number of nitrogens with two attached hydrogens (primary N) is 1. The molecule has 0 aliphatic carbocycles. The number of ether oxygens (including phenoxy) is 1. The number of aryl methyl sites for hydroxylation is 1. The fourth-order valence-electron chi connectivity index (χ4n) is 1.50. The molecule has 1 aromatic carbocycles. The molecule has 0 amide bonds. The van der Waals surface area contributed by atoms with Crippen molar-refractivity contribution >= 4 is 28.2 Å². The third-order valence-electron chi connectivity index (χ3n) is 2.34. The Balaban J connectivity index is 2.80. The van der Waals surface area contributed by atoms with Crippen LogP contribution in [-0.4, -0.2) is 12.1 Å².